The molecule has 0 spiro atoms. The van der Waals surface area contributed by atoms with Crippen molar-refractivity contribution in [1.29, 1.82) is 0 Å². The zero-order chi connectivity index (χ0) is 12.1. The van der Waals surface area contributed by atoms with Crippen LogP contribution in [-0.4, -0.2) is 9.97 Å². The summed E-state index contributed by atoms with van der Waals surface area (Å²) in [6, 6.07) is 8.25. The quantitative estimate of drug-likeness (QED) is 0.927. The van der Waals surface area contributed by atoms with Crippen molar-refractivity contribution in [1.82, 2.24) is 9.97 Å². The number of benzene rings is 1. The van der Waals surface area contributed by atoms with Gasteiger partial charge < -0.3 is 5.32 Å². The summed E-state index contributed by atoms with van der Waals surface area (Å²) in [4.78, 5) is 8.41. The molecule has 0 amide bonds. The van der Waals surface area contributed by atoms with E-state index in [9.17, 15) is 0 Å². The third kappa shape index (κ3) is 3.27. The molecule has 0 bridgehead atoms. The smallest absolute Gasteiger partial charge is 0.227 e. The van der Waals surface area contributed by atoms with Crippen molar-refractivity contribution < 1.29 is 0 Å². The Morgan fingerprint density at radius 2 is 1.88 bits per heavy atom. The standard InChI is InChI=1S/C13H14BrN3/c1-2-5-10-6-3-4-7-12(10)17-13-15-8-11(14)9-16-13/h3-4,6-9H,2,5H2,1H3,(H,15,16,17). The summed E-state index contributed by atoms with van der Waals surface area (Å²) < 4.78 is 0.880. The normalized spacial score (nSPS) is 10.2. The third-order valence-corrected chi connectivity index (χ3v) is 2.81. The zero-order valence-corrected chi connectivity index (χ0v) is 11.2. The van der Waals surface area contributed by atoms with Crippen LogP contribution in [0.4, 0.5) is 11.6 Å². The lowest BCUT2D eigenvalue weighted by Crippen LogP contribution is -1.99. The van der Waals surface area contributed by atoms with Crippen LogP contribution in [0.25, 0.3) is 0 Å². The molecule has 4 heteroatoms. The van der Waals surface area contributed by atoms with E-state index in [1.165, 1.54) is 5.56 Å². The van der Waals surface area contributed by atoms with Crippen LogP contribution in [0.3, 0.4) is 0 Å². The van der Waals surface area contributed by atoms with Crippen molar-refractivity contribution in [2.24, 2.45) is 0 Å². The number of aromatic nitrogens is 2. The van der Waals surface area contributed by atoms with Gasteiger partial charge in [-0.05, 0) is 34.0 Å². The summed E-state index contributed by atoms with van der Waals surface area (Å²) in [6.07, 6.45) is 5.65. The molecule has 0 aliphatic carbocycles. The van der Waals surface area contributed by atoms with Gasteiger partial charge in [-0.25, -0.2) is 9.97 Å². The third-order valence-electron chi connectivity index (χ3n) is 2.40. The monoisotopic (exact) mass is 291 g/mol. The molecule has 1 N–H and O–H groups in total. The number of nitrogens with zero attached hydrogens (tertiary/aromatic N) is 2. The second kappa shape index (κ2) is 5.77. The van der Waals surface area contributed by atoms with Gasteiger partial charge in [0.15, 0.2) is 0 Å². The fourth-order valence-electron chi connectivity index (χ4n) is 1.63. The lowest BCUT2D eigenvalue weighted by atomic mass is 10.1. The maximum absolute atomic E-state index is 4.21. The molecule has 0 saturated heterocycles. The minimum Gasteiger partial charge on any atom is -0.324 e. The van der Waals surface area contributed by atoms with Crippen LogP contribution in [0, 0.1) is 0 Å². The predicted molar refractivity (Wildman–Crippen MR) is 73.5 cm³/mol. The summed E-state index contributed by atoms with van der Waals surface area (Å²) in [5, 5.41) is 3.24. The summed E-state index contributed by atoms with van der Waals surface area (Å²) in [7, 11) is 0. The topological polar surface area (TPSA) is 37.8 Å². The van der Waals surface area contributed by atoms with Crippen LogP contribution in [0.1, 0.15) is 18.9 Å². The van der Waals surface area contributed by atoms with Gasteiger partial charge in [0.25, 0.3) is 0 Å². The van der Waals surface area contributed by atoms with Crippen molar-refractivity contribution in [2.75, 3.05) is 5.32 Å². The van der Waals surface area contributed by atoms with Crippen LogP contribution in [0.15, 0.2) is 41.1 Å². The number of nitrogens with one attached hydrogen (secondary N) is 1. The highest BCUT2D eigenvalue weighted by Crippen LogP contribution is 2.20. The number of hydrogen-bond acceptors (Lipinski definition) is 3. The molecule has 3 nitrogen and oxygen atoms in total. The van der Waals surface area contributed by atoms with Crippen LogP contribution >= 0.6 is 15.9 Å². The van der Waals surface area contributed by atoms with Crippen LogP contribution in [0.5, 0.6) is 0 Å². The second-order valence-electron chi connectivity index (χ2n) is 3.76. The molecule has 0 unspecified atom stereocenters. The number of halogens is 1. The molecule has 2 rings (SSSR count). The Bertz CT molecular complexity index is 482. The van der Waals surface area contributed by atoms with Gasteiger partial charge >= 0.3 is 0 Å². The van der Waals surface area contributed by atoms with Gasteiger partial charge in [-0.1, -0.05) is 31.5 Å². The average Bonchev–Trinajstić information content (AvgIpc) is 2.35. The van der Waals surface area contributed by atoms with Gasteiger partial charge in [0.2, 0.25) is 5.95 Å². The first kappa shape index (κ1) is 12.0. The summed E-state index contributed by atoms with van der Waals surface area (Å²) >= 11 is 3.32. The molecule has 0 radical (unpaired) electrons. The first-order valence-corrected chi connectivity index (χ1v) is 6.41. The Labute approximate surface area is 109 Å². The summed E-state index contributed by atoms with van der Waals surface area (Å²) in [5.74, 6) is 0.622. The van der Waals surface area contributed by atoms with Crippen molar-refractivity contribution in [3.8, 4) is 0 Å². The van der Waals surface area contributed by atoms with E-state index in [1.54, 1.807) is 12.4 Å². The molecular weight excluding hydrogens is 278 g/mol. The Morgan fingerprint density at radius 1 is 1.18 bits per heavy atom. The fraction of sp³-hybridized carbons (Fsp3) is 0.231. The Hall–Kier alpha value is -1.42. The van der Waals surface area contributed by atoms with Crippen molar-refractivity contribution in [3.05, 3.63) is 46.7 Å². The van der Waals surface area contributed by atoms with Crippen LogP contribution in [0.2, 0.25) is 0 Å². The maximum atomic E-state index is 4.21. The van der Waals surface area contributed by atoms with Crippen molar-refractivity contribution >= 4 is 27.6 Å². The van der Waals surface area contributed by atoms with Crippen LogP contribution in [-0.2, 0) is 6.42 Å². The van der Waals surface area contributed by atoms with Gasteiger partial charge in [-0.2, -0.15) is 0 Å². The van der Waals surface area contributed by atoms with Gasteiger partial charge in [0.1, 0.15) is 0 Å². The molecule has 1 heterocycles. The molecule has 0 aliphatic rings. The molecule has 0 saturated carbocycles. The molecule has 1 aromatic heterocycles. The van der Waals surface area contributed by atoms with E-state index in [2.05, 4.69) is 56.3 Å². The van der Waals surface area contributed by atoms with E-state index in [0.717, 1.165) is 23.0 Å². The van der Waals surface area contributed by atoms with Gasteiger partial charge in [-0.15, -0.1) is 0 Å². The average molecular weight is 292 g/mol. The van der Waals surface area contributed by atoms with E-state index in [1.807, 2.05) is 6.07 Å². The van der Waals surface area contributed by atoms with Gasteiger partial charge in [0.05, 0.1) is 4.47 Å². The maximum Gasteiger partial charge on any atom is 0.227 e. The second-order valence-corrected chi connectivity index (χ2v) is 4.67. The van der Waals surface area contributed by atoms with E-state index in [-0.39, 0.29) is 0 Å². The number of hydrogen-bond donors (Lipinski definition) is 1. The Kier molecular flexibility index (Phi) is 4.09. The first-order valence-electron chi connectivity index (χ1n) is 5.62. The van der Waals surface area contributed by atoms with E-state index in [4.69, 9.17) is 0 Å². The van der Waals surface area contributed by atoms with E-state index in [0.29, 0.717) is 5.95 Å². The number of rotatable bonds is 4. The Morgan fingerprint density at radius 3 is 2.59 bits per heavy atom. The zero-order valence-electron chi connectivity index (χ0n) is 9.65. The van der Waals surface area contributed by atoms with Gasteiger partial charge in [0, 0.05) is 18.1 Å². The molecule has 88 valence electrons. The highest BCUT2D eigenvalue weighted by atomic mass is 79.9. The molecule has 17 heavy (non-hydrogen) atoms. The lowest BCUT2D eigenvalue weighted by Gasteiger charge is -2.09. The summed E-state index contributed by atoms with van der Waals surface area (Å²) in [5.41, 5.74) is 2.37. The van der Waals surface area contributed by atoms with Crippen molar-refractivity contribution in [2.45, 2.75) is 19.8 Å². The Balaban J connectivity index is 2.20. The molecular formula is C13H14BrN3. The molecule has 0 aliphatic heterocycles. The minimum absolute atomic E-state index is 0.622. The van der Waals surface area contributed by atoms with E-state index < -0.39 is 0 Å². The predicted octanol–water partition coefficient (Wildman–Crippen LogP) is 3.94. The lowest BCUT2D eigenvalue weighted by molar-refractivity contribution is 0.922. The number of para-hydroxylation sites is 1. The molecule has 1 aromatic carbocycles. The van der Waals surface area contributed by atoms with Crippen LogP contribution < -0.4 is 5.32 Å². The molecule has 0 fully saturated rings. The minimum atomic E-state index is 0.622. The highest BCUT2D eigenvalue weighted by molar-refractivity contribution is 9.10. The van der Waals surface area contributed by atoms with Gasteiger partial charge in [-0.3, -0.25) is 0 Å². The fourth-order valence-corrected chi connectivity index (χ4v) is 1.83. The first-order chi connectivity index (χ1) is 8.29. The highest BCUT2D eigenvalue weighted by Gasteiger charge is 2.02. The van der Waals surface area contributed by atoms with Crippen molar-refractivity contribution in [3.63, 3.8) is 0 Å². The summed E-state index contributed by atoms with van der Waals surface area (Å²) in [6.45, 7) is 2.17. The number of anilines is 2. The molecule has 0 atom stereocenters. The number of aryl methyl sites for hydroxylation is 1. The largest absolute Gasteiger partial charge is 0.324 e. The SMILES string of the molecule is CCCc1ccccc1Nc1ncc(Br)cn1. The van der Waals surface area contributed by atoms with E-state index >= 15 is 0 Å². The molecule has 2 aromatic rings.